The van der Waals surface area contributed by atoms with Crippen LogP contribution in [-0.4, -0.2) is 107 Å². The van der Waals surface area contributed by atoms with E-state index < -0.39 is 42.0 Å². The van der Waals surface area contributed by atoms with Gasteiger partial charge >= 0.3 is 5.97 Å². The average Bonchev–Trinajstić information content (AvgIpc) is 3.59. The van der Waals surface area contributed by atoms with Crippen molar-refractivity contribution in [2.24, 2.45) is 22.2 Å². The van der Waals surface area contributed by atoms with E-state index >= 15 is 0 Å². The number of carboxylic acid groups (broad SMARTS) is 1. The monoisotopic (exact) mass is 572 g/mol. The van der Waals surface area contributed by atoms with Gasteiger partial charge in [-0.15, -0.1) is 11.6 Å². The molecule has 0 unspecified atom stereocenters. The number of rotatable bonds is 15. The molecule has 39 heavy (non-hydrogen) atoms. The van der Waals surface area contributed by atoms with E-state index in [4.69, 9.17) is 28.8 Å². The molecule has 0 aromatic rings. The van der Waals surface area contributed by atoms with E-state index in [0.29, 0.717) is 64.6 Å². The molecule has 14 nitrogen and oxygen atoms in total. The molecule has 2 aliphatic heterocycles. The van der Waals surface area contributed by atoms with Crippen LogP contribution in [0.25, 0.3) is 0 Å². The Morgan fingerprint density at radius 1 is 0.923 bits per heavy atom. The number of unbranched alkanes of at least 4 members (excludes halogenated alkanes) is 1. The molecule has 2 fully saturated rings. The zero-order valence-electron chi connectivity index (χ0n) is 22.1. The van der Waals surface area contributed by atoms with Crippen LogP contribution in [0, 0.1) is 0 Å². The molecule has 2 heterocycles. The Kier molecular flexibility index (Phi) is 13.2. The summed E-state index contributed by atoms with van der Waals surface area (Å²) >= 11 is 5.70. The second-order valence-electron chi connectivity index (χ2n) is 9.76. The molecule has 2 saturated heterocycles. The van der Waals surface area contributed by atoms with Crippen LogP contribution >= 0.6 is 11.6 Å². The number of nitrogens with one attached hydrogen (secondary N) is 2. The van der Waals surface area contributed by atoms with Gasteiger partial charge in [0.05, 0.1) is 0 Å². The molecule has 0 saturated carbocycles. The van der Waals surface area contributed by atoms with Gasteiger partial charge in [-0.25, -0.2) is 4.79 Å². The minimum Gasteiger partial charge on any atom is -0.480 e. The number of carbonyl (C=O) groups is 5. The molecule has 4 atom stereocenters. The highest BCUT2D eigenvalue weighted by molar-refractivity contribution is 6.27. The first kappa shape index (κ1) is 32.1. The van der Waals surface area contributed by atoms with Crippen LogP contribution in [0.15, 0.2) is 4.99 Å². The van der Waals surface area contributed by atoms with Gasteiger partial charge in [0.15, 0.2) is 5.96 Å². The van der Waals surface area contributed by atoms with E-state index in [1.165, 1.54) is 9.80 Å². The first-order valence-corrected chi connectivity index (χ1v) is 13.9. The predicted molar refractivity (Wildman–Crippen MR) is 145 cm³/mol. The van der Waals surface area contributed by atoms with Gasteiger partial charge in [0.2, 0.25) is 23.6 Å². The van der Waals surface area contributed by atoms with Gasteiger partial charge in [-0.1, -0.05) is 0 Å². The molecule has 9 N–H and O–H groups in total. The standard InChI is InChI=1S/C24H41ClN8O6/c25-14-19(34)32-12-5-9-18(32)22(37)33-13-4-8-17(33)21(36)30-15(6-1-2-10-26)20(35)31-16(23(38)39)7-3-11-29-24(27)28/h15-18H,1-14,26H2,(H,30,36)(H,31,35)(H,38,39)(H4,27,28,29)/t15-,16-,17-,18-/m0/s1. The van der Waals surface area contributed by atoms with E-state index in [0.717, 1.165) is 0 Å². The van der Waals surface area contributed by atoms with E-state index in [1.807, 2.05) is 0 Å². The van der Waals surface area contributed by atoms with Gasteiger partial charge in [-0.05, 0) is 64.3 Å². The minimum atomic E-state index is -1.22. The summed E-state index contributed by atoms with van der Waals surface area (Å²) in [7, 11) is 0. The van der Waals surface area contributed by atoms with Crippen molar-refractivity contribution in [3.63, 3.8) is 0 Å². The van der Waals surface area contributed by atoms with E-state index in [-0.39, 0.29) is 43.0 Å². The predicted octanol–water partition coefficient (Wildman–Crippen LogP) is -1.56. The van der Waals surface area contributed by atoms with Crippen molar-refractivity contribution < 1.29 is 29.1 Å². The van der Waals surface area contributed by atoms with E-state index in [9.17, 15) is 29.1 Å². The normalized spacial score (nSPS) is 20.3. The molecule has 0 aromatic heterocycles. The maximum absolute atomic E-state index is 13.3. The van der Waals surface area contributed by atoms with Gasteiger partial charge in [0.1, 0.15) is 30.0 Å². The first-order chi connectivity index (χ1) is 18.6. The van der Waals surface area contributed by atoms with Crippen LogP contribution in [0.2, 0.25) is 0 Å². The Balaban J connectivity index is 2.08. The molecule has 0 radical (unpaired) electrons. The number of amides is 4. The summed E-state index contributed by atoms with van der Waals surface area (Å²) < 4.78 is 0. The molecule has 0 aromatic carbocycles. The van der Waals surface area contributed by atoms with Crippen molar-refractivity contribution in [1.29, 1.82) is 0 Å². The molecule has 2 rings (SSSR count). The number of carboxylic acids is 1. The number of guanidine groups is 1. The summed E-state index contributed by atoms with van der Waals surface area (Å²) in [6.07, 6.45) is 3.97. The Labute approximate surface area is 233 Å². The van der Waals surface area contributed by atoms with Gasteiger partial charge < -0.3 is 42.7 Å². The lowest BCUT2D eigenvalue weighted by atomic mass is 10.1. The molecule has 15 heteroatoms. The highest BCUT2D eigenvalue weighted by Crippen LogP contribution is 2.25. The Morgan fingerprint density at radius 2 is 1.56 bits per heavy atom. The van der Waals surface area contributed by atoms with Crippen LogP contribution in [-0.2, 0) is 24.0 Å². The van der Waals surface area contributed by atoms with Gasteiger partial charge in [0.25, 0.3) is 0 Å². The third kappa shape index (κ3) is 9.53. The number of nitrogens with zero attached hydrogens (tertiary/aromatic N) is 3. The molecule has 4 amide bonds. The molecular weight excluding hydrogens is 532 g/mol. The highest BCUT2D eigenvalue weighted by atomic mass is 35.5. The van der Waals surface area contributed by atoms with Gasteiger partial charge in [0, 0.05) is 19.6 Å². The maximum atomic E-state index is 13.3. The second-order valence-corrected chi connectivity index (χ2v) is 10.0. The van der Waals surface area contributed by atoms with Crippen molar-refractivity contribution in [3.05, 3.63) is 0 Å². The Hall–Kier alpha value is -3.13. The summed E-state index contributed by atoms with van der Waals surface area (Å²) in [5.41, 5.74) is 16.1. The molecule has 220 valence electrons. The van der Waals surface area contributed by atoms with Crippen LogP contribution in [0.1, 0.15) is 57.8 Å². The molecule has 0 aliphatic carbocycles. The lowest BCUT2D eigenvalue weighted by molar-refractivity contribution is -0.146. The quantitative estimate of drug-likeness (QED) is 0.0576. The van der Waals surface area contributed by atoms with E-state index in [1.54, 1.807) is 0 Å². The smallest absolute Gasteiger partial charge is 0.326 e. The topological polar surface area (TPSA) is 227 Å². The number of carbonyl (C=O) groups excluding carboxylic acids is 4. The minimum absolute atomic E-state index is 0.0884. The molecule has 0 spiro atoms. The van der Waals surface area contributed by atoms with Crippen molar-refractivity contribution in [1.82, 2.24) is 20.4 Å². The summed E-state index contributed by atoms with van der Waals surface area (Å²) in [4.78, 5) is 70.4. The number of likely N-dealkylation sites (tertiary alicyclic amines) is 2. The summed E-state index contributed by atoms with van der Waals surface area (Å²) in [5.74, 6) is -3.32. The number of aliphatic carboxylic acids is 1. The Bertz CT molecular complexity index is 915. The zero-order chi connectivity index (χ0) is 28.9. The molecule has 0 bridgehead atoms. The largest absolute Gasteiger partial charge is 0.480 e. The number of nitrogens with two attached hydrogens (primary N) is 3. The average molecular weight is 573 g/mol. The zero-order valence-corrected chi connectivity index (χ0v) is 22.9. The van der Waals surface area contributed by atoms with E-state index in [2.05, 4.69) is 15.6 Å². The highest BCUT2D eigenvalue weighted by Gasteiger charge is 2.42. The van der Waals surface area contributed by atoms with Crippen LogP contribution in [0.3, 0.4) is 0 Å². The van der Waals surface area contributed by atoms with Crippen LogP contribution < -0.4 is 27.8 Å². The van der Waals surface area contributed by atoms with Gasteiger partial charge in [-0.2, -0.15) is 0 Å². The second kappa shape index (κ2) is 16.1. The number of hydrogen-bond donors (Lipinski definition) is 6. The third-order valence-electron chi connectivity index (χ3n) is 6.95. The number of aliphatic imine (C=N–C) groups is 1. The SMILES string of the molecule is NCCCC[C@H](NC(=O)[C@@H]1CCCN1C(=O)[C@@H]1CCCN1C(=O)CCl)C(=O)N[C@@H](CCCN=C(N)N)C(=O)O. The summed E-state index contributed by atoms with van der Waals surface area (Å²) in [6.45, 7) is 1.40. The molecular formula is C24H41ClN8O6. The van der Waals surface area contributed by atoms with Crippen molar-refractivity contribution in [2.45, 2.75) is 82.0 Å². The summed E-state index contributed by atoms with van der Waals surface area (Å²) in [5, 5.41) is 14.8. The Morgan fingerprint density at radius 3 is 2.18 bits per heavy atom. The first-order valence-electron chi connectivity index (χ1n) is 13.4. The summed E-state index contributed by atoms with van der Waals surface area (Å²) in [6, 6.07) is -3.67. The maximum Gasteiger partial charge on any atom is 0.326 e. The molecule has 2 aliphatic rings. The number of halogens is 1. The van der Waals surface area contributed by atoms with Crippen molar-refractivity contribution in [3.8, 4) is 0 Å². The lowest BCUT2D eigenvalue weighted by Gasteiger charge is -2.31. The fourth-order valence-electron chi connectivity index (χ4n) is 4.96. The number of hydrogen-bond acceptors (Lipinski definition) is 7. The lowest BCUT2D eigenvalue weighted by Crippen LogP contribution is -2.57. The number of alkyl halides is 1. The van der Waals surface area contributed by atoms with Gasteiger partial charge in [-0.3, -0.25) is 24.2 Å². The van der Waals surface area contributed by atoms with Crippen molar-refractivity contribution >= 4 is 47.2 Å². The third-order valence-corrected chi connectivity index (χ3v) is 7.18. The van der Waals surface area contributed by atoms with Crippen molar-refractivity contribution in [2.75, 3.05) is 32.1 Å². The van der Waals surface area contributed by atoms with Crippen LogP contribution in [0.4, 0.5) is 0 Å². The van der Waals surface area contributed by atoms with Crippen LogP contribution in [0.5, 0.6) is 0 Å². The fraction of sp³-hybridized carbons (Fsp3) is 0.750. The fourth-order valence-corrected chi connectivity index (χ4v) is 5.11.